The maximum atomic E-state index is 12.1. The number of pyridine rings is 1. The monoisotopic (exact) mass is 308 g/mol. The van der Waals surface area contributed by atoms with Gasteiger partial charge in [-0.05, 0) is 36.4 Å². The third kappa shape index (κ3) is 3.42. The molecule has 3 rings (SSSR count). The van der Waals surface area contributed by atoms with Gasteiger partial charge in [-0.2, -0.15) is 4.98 Å². The van der Waals surface area contributed by atoms with E-state index in [-0.39, 0.29) is 11.8 Å². The first-order chi connectivity index (χ1) is 11.1. The van der Waals surface area contributed by atoms with Gasteiger partial charge in [-0.15, -0.1) is 0 Å². The molecular weight excluding hydrogens is 292 g/mol. The second-order valence-electron chi connectivity index (χ2n) is 5.38. The number of hydrogen-bond donors (Lipinski definition) is 1. The molecule has 2 heterocycles. The second kappa shape index (κ2) is 6.39. The fourth-order valence-corrected chi connectivity index (χ4v) is 1.99. The van der Waals surface area contributed by atoms with Crippen molar-refractivity contribution in [3.05, 3.63) is 60.2 Å². The molecule has 0 spiro atoms. The molecule has 0 saturated carbocycles. The summed E-state index contributed by atoms with van der Waals surface area (Å²) in [5.41, 5.74) is 2.06. The van der Waals surface area contributed by atoms with E-state index < -0.39 is 0 Å². The predicted octanol–water partition coefficient (Wildman–Crippen LogP) is 3.51. The van der Waals surface area contributed by atoms with Crippen molar-refractivity contribution in [2.75, 3.05) is 5.32 Å². The van der Waals surface area contributed by atoms with E-state index in [1.807, 2.05) is 26.0 Å². The average molecular weight is 308 g/mol. The van der Waals surface area contributed by atoms with Crippen molar-refractivity contribution in [2.45, 2.75) is 19.8 Å². The van der Waals surface area contributed by atoms with Crippen LogP contribution in [-0.4, -0.2) is 21.0 Å². The zero-order valence-corrected chi connectivity index (χ0v) is 12.9. The largest absolute Gasteiger partial charge is 0.334 e. The molecule has 0 atom stereocenters. The summed E-state index contributed by atoms with van der Waals surface area (Å²) in [6, 6.07) is 10.6. The van der Waals surface area contributed by atoms with E-state index in [1.165, 1.54) is 0 Å². The molecule has 1 aromatic carbocycles. The highest BCUT2D eigenvalue weighted by molar-refractivity contribution is 6.04. The molecule has 3 aromatic rings. The molecule has 0 radical (unpaired) electrons. The van der Waals surface area contributed by atoms with Gasteiger partial charge in [0.1, 0.15) is 0 Å². The Labute approximate surface area is 133 Å². The summed E-state index contributed by atoms with van der Waals surface area (Å²) in [7, 11) is 0. The summed E-state index contributed by atoms with van der Waals surface area (Å²) in [4.78, 5) is 20.3. The van der Waals surface area contributed by atoms with Crippen LogP contribution in [0, 0.1) is 0 Å². The summed E-state index contributed by atoms with van der Waals surface area (Å²) in [5.74, 6) is 1.18. The molecule has 0 fully saturated rings. The van der Waals surface area contributed by atoms with E-state index in [1.54, 1.807) is 36.7 Å². The lowest BCUT2D eigenvalue weighted by Gasteiger charge is -2.05. The maximum absolute atomic E-state index is 12.1. The van der Waals surface area contributed by atoms with Gasteiger partial charge in [-0.25, -0.2) is 0 Å². The van der Waals surface area contributed by atoms with Crippen LogP contribution in [0.4, 0.5) is 5.69 Å². The Balaban J connectivity index is 1.73. The van der Waals surface area contributed by atoms with Crippen LogP contribution in [0.15, 0.2) is 53.3 Å². The van der Waals surface area contributed by atoms with Gasteiger partial charge in [-0.3, -0.25) is 9.78 Å². The van der Waals surface area contributed by atoms with Crippen molar-refractivity contribution in [1.82, 2.24) is 15.1 Å². The Morgan fingerprint density at radius 3 is 2.39 bits per heavy atom. The van der Waals surface area contributed by atoms with Crippen molar-refractivity contribution in [1.29, 1.82) is 0 Å². The van der Waals surface area contributed by atoms with Crippen LogP contribution in [0.25, 0.3) is 11.5 Å². The van der Waals surface area contributed by atoms with E-state index in [0.717, 1.165) is 5.56 Å². The molecule has 0 saturated heterocycles. The van der Waals surface area contributed by atoms with Crippen LogP contribution in [-0.2, 0) is 0 Å². The number of nitrogens with one attached hydrogen (secondary N) is 1. The quantitative estimate of drug-likeness (QED) is 0.797. The van der Waals surface area contributed by atoms with Crippen LogP contribution in [0.3, 0.4) is 0 Å². The standard InChI is InChI=1S/C17H16N4O2/c1-11(2)15-20-17(23-21-15)13-3-5-14(6-4-13)19-16(22)12-7-9-18-10-8-12/h3-11H,1-2H3,(H,19,22). The molecule has 0 aliphatic heterocycles. The van der Waals surface area contributed by atoms with Crippen LogP contribution < -0.4 is 5.32 Å². The van der Waals surface area contributed by atoms with E-state index in [2.05, 4.69) is 20.4 Å². The van der Waals surface area contributed by atoms with Gasteiger partial charge in [-0.1, -0.05) is 19.0 Å². The summed E-state index contributed by atoms with van der Waals surface area (Å²) in [6.07, 6.45) is 3.17. The predicted molar refractivity (Wildman–Crippen MR) is 86.0 cm³/mol. The molecule has 1 N–H and O–H groups in total. The molecular formula is C17H16N4O2. The fraction of sp³-hybridized carbons (Fsp3) is 0.176. The molecule has 6 nitrogen and oxygen atoms in total. The molecule has 6 heteroatoms. The third-order valence-corrected chi connectivity index (χ3v) is 3.29. The lowest BCUT2D eigenvalue weighted by atomic mass is 10.2. The van der Waals surface area contributed by atoms with E-state index in [9.17, 15) is 4.79 Å². The molecule has 23 heavy (non-hydrogen) atoms. The topological polar surface area (TPSA) is 80.9 Å². The van der Waals surface area contributed by atoms with Gasteiger partial charge < -0.3 is 9.84 Å². The number of benzene rings is 1. The van der Waals surface area contributed by atoms with Gasteiger partial charge in [0.2, 0.25) is 0 Å². The van der Waals surface area contributed by atoms with Crippen molar-refractivity contribution in [2.24, 2.45) is 0 Å². The Morgan fingerprint density at radius 2 is 1.78 bits per heavy atom. The molecule has 0 aliphatic carbocycles. The highest BCUT2D eigenvalue weighted by Gasteiger charge is 2.12. The zero-order chi connectivity index (χ0) is 16.2. The minimum absolute atomic E-state index is 0.181. The van der Waals surface area contributed by atoms with Gasteiger partial charge in [0.15, 0.2) is 5.82 Å². The van der Waals surface area contributed by atoms with Gasteiger partial charge >= 0.3 is 0 Å². The first-order valence-electron chi connectivity index (χ1n) is 7.29. The van der Waals surface area contributed by atoms with Crippen LogP contribution in [0.5, 0.6) is 0 Å². The number of hydrogen-bond acceptors (Lipinski definition) is 5. The Hall–Kier alpha value is -3.02. The average Bonchev–Trinajstić information content (AvgIpc) is 3.07. The number of aromatic nitrogens is 3. The summed E-state index contributed by atoms with van der Waals surface area (Å²) in [6.45, 7) is 4.01. The maximum Gasteiger partial charge on any atom is 0.257 e. The zero-order valence-electron chi connectivity index (χ0n) is 12.9. The molecule has 0 bridgehead atoms. The fourth-order valence-electron chi connectivity index (χ4n) is 1.99. The van der Waals surface area contributed by atoms with Crippen molar-refractivity contribution < 1.29 is 9.32 Å². The number of amides is 1. The summed E-state index contributed by atoms with van der Waals surface area (Å²) in [5, 5.41) is 6.77. The highest BCUT2D eigenvalue weighted by Crippen LogP contribution is 2.22. The molecule has 0 unspecified atom stereocenters. The molecule has 116 valence electrons. The number of rotatable bonds is 4. The normalized spacial score (nSPS) is 10.7. The molecule has 0 aliphatic rings. The lowest BCUT2D eigenvalue weighted by molar-refractivity contribution is 0.102. The first kappa shape index (κ1) is 14.9. The van der Waals surface area contributed by atoms with Gasteiger partial charge in [0, 0.05) is 35.1 Å². The molecule has 1 amide bonds. The van der Waals surface area contributed by atoms with Crippen molar-refractivity contribution >= 4 is 11.6 Å². The number of carbonyl (C=O) groups is 1. The number of anilines is 1. The Morgan fingerprint density at radius 1 is 1.09 bits per heavy atom. The molecule has 2 aromatic heterocycles. The van der Waals surface area contributed by atoms with E-state index in [4.69, 9.17) is 4.52 Å². The first-order valence-corrected chi connectivity index (χ1v) is 7.29. The summed E-state index contributed by atoms with van der Waals surface area (Å²) >= 11 is 0. The van der Waals surface area contributed by atoms with Crippen LogP contribution in [0.2, 0.25) is 0 Å². The Kier molecular flexibility index (Phi) is 4.14. The van der Waals surface area contributed by atoms with Gasteiger partial charge in [0.25, 0.3) is 11.8 Å². The minimum Gasteiger partial charge on any atom is -0.334 e. The summed E-state index contributed by atoms with van der Waals surface area (Å²) < 4.78 is 5.25. The Bertz CT molecular complexity index is 795. The van der Waals surface area contributed by atoms with Crippen LogP contribution >= 0.6 is 0 Å². The van der Waals surface area contributed by atoms with E-state index >= 15 is 0 Å². The smallest absolute Gasteiger partial charge is 0.257 e. The third-order valence-electron chi connectivity index (χ3n) is 3.29. The lowest BCUT2D eigenvalue weighted by Crippen LogP contribution is -2.11. The van der Waals surface area contributed by atoms with Crippen LogP contribution in [0.1, 0.15) is 35.9 Å². The number of nitrogens with zero attached hydrogens (tertiary/aromatic N) is 3. The van der Waals surface area contributed by atoms with Crippen molar-refractivity contribution in [3.63, 3.8) is 0 Å². The van der Waals surface area contributed by atoms with E-state index in [0.29, 0.717) is 23.0 Å². The van der Waals surface area contributed by atoms with Gasteiger partial charge in [0.05, 0.1) is 0 Å². The van der Waals surface area contributed by atoms with Crippen molar-refractivity contribution in [3.8, 4) is 11.5 Å². The highest BCUT2D eigenvalue weighted by atomic mass is 16.5. The second-order valence-corrected chi connectivity index (χ2v) is 5.38. The minimum atomic E-state index is -0.181. The number of carbonyl (C=O) groups excluding carboxylic acids is 1. The SMILES string of the molecule is CC(C)c1noc(-c2ccc(NC(=O)c3ccncc3)cc2)n1.